The van der Waals surface area contributed by atoms with Crippen LogP contribution >= 0.6 is 0 Å². The van der Waals surface area contributed by atoms with Gasteiger partial charge in [-0.05, 0) is 13.3 Å². The van der Waals surface area contributed by atoms with E-state index < -0.39 is 0 Å². The van der Waals surface area contributed by atoms with Crippen LogP contribution in [-0.2, 0) is 0 Å². The van der Waals surface area contributed by atoms with Crippen molar-refractivity contribution in [2.24, 2.45) is 0 Å². The fraction of sp³-hybridized carbons (Fsp3) is 1.00. The molecule has 0 radical (unpaired) electrons. The minimum absolute atomic E-state index is 0.775. The third-order valence-corrected chi connectivity index (χ3v) is 1.00. The average Bonchev–Trinajstić information content (AvgIpc) is 1.83. The molecule has 0 heterocycles. The molecule has 0 atom stereocenters. The molecule has 0 aliphatic carbocycles. The summed E-state index contributed by atoms with van der Waals surface area (Å²) in [5.74, 6) is 0. The first-order valence-corrected chi connectivity index (χ1v) is 2.97. The van der Waals surface area contributed by atoms with Gasteiger partial charge in [-0.25, -0.2) is 0 Å². The SMILES string of the molecule is CCCN(CC)[NH+]=O. The van der Waals surface area contributed by atoms with Crippen LogP contribution in [-0.4, -0.2) is 18.1 Å². The van der Waals surface area contributed by atoms with Crippen molar-refractivity contribution >= 4 is 0 Å². The molecule has 8 heavy (non-hydrogen) atoms. The molecule has 0 rings (SSSR count). The second kappa shape index (κ2) is 4.56. The molecule has 0 saturated carbocycles. The maximum atomic E-state index is 9.93. The summed E-state index contributed by atoms with van der Waals surface area (Å²) < 4.78 is 0. The first kappa shape index (κ1) is 7.40. The topological polar surface area (TPSA) is 34.3 Å². The van der Waals surface area contributed by atoms with Crippen molar-refractivity contribution in [3.63, 3.8) is 0 Å². The summed E-state index contributed by atoms with van der Waals surface area (Å²) in [5.41, 5.74) is 0. The molecule has 0 fully saturated rings. The Morgan fingerprint density at radius 1 is 1.50 bits per heavy atom. The number of hydrogen-bond donors (Lipinski definition) is 1. The van der Waals surface area contributed by atoms with E-state index in [1.165, 1.54) is 0 Å². The van der Waals surface area contributed by atoms with Gasteiger partial charge in [0.25, 0.3) is 0 Å². The van der Waals surface area contributed by atoms with E-state index >= 15 is 0 Å². The molecule has 0 bridgehead atoms. The molecule has 0 aliphatic rings. The number of nitroso groups, excluding NO2 is 1. The lowest BCUT2D eigenvalue weighted by Gasteiger charge is -2.01. The molecule has 48 valence electrons. The van der Waals surface area contributed by atoms with Crippen molar-refractivity contribution in [3.05, 3.63) is 4.91 Å². The Bertz CT molecular complexity index is 65.4. The van der Waals surface area contributed by atoms with Gasteiger partial charge in [0, 0.05) is 4.91 Å². The Kier molecular flexibility index (Phi) is 4.21. The quantitative estimate of drug-likeness (QED) is 0.503. The largest absolute Gasteiger partial charge is 0.143 e. The van der Waals surface area contributed by atoms with Gasteiger partial charge in [0.1, 0.15) is 5.29 Å². The lowest BCUT2D eigenvalue weighted by Crippen LogP contribution is -2.77. The predicted molar refractivity (Wildman–Crippen MR) is 31.9 cm³/mol. The van der Waals surface area contributed by atoms with Crippen molar-refractivity contribution in [3.8, 4) is 0 Å². The lowest BCUT2D eigenvalue weighted by atomic mass is 10.5. The summed E-state index contributed by atoms with van der Waals surface area (Å²) in [7, 11) is 0. The van der Waals surface area contributed by atoms with Crippen LogP contribution in [0.5, 0.6) is 0 Å². The molecule has 3 nitrogen and oxygen atoms in total. The maximum Gasteiger partial charge on any atom is 0.102 e. The number of hydrogen-bond acceptors (Lipinski definition) is 1. The second-order valence-electron chi connectivity index (χ2n) is 1.67. The van der Waals surface area contributed by atoms with Gasteiger partial charge in [-0.2, -0.15) is 0 Å². The third kappa shape index (κ3) is 2.55. The van der Waals surface area contributed by atoms with E-state index in [4.69, 9.17) is 0 Å². The molecule has 0 aliphatic heterocycles. The highest BCUT2D eigenvalue weighted by Gasteiger charge is 1.99. The second-order valence-corrected chi connectivity index (χ2v) is 1.67. The van der Waals surface area contributed by atoms with E-state index in [0.29, 0.717) is 0 Å². The van der Waals surface area contributed by atoms with E-state index in [2.05, 4.69) is 0 Å². The van der Waals surface area contributed by atoms with Crippen LogP contribution in [0.2, 0.25) is 0 Å². The molecule has 0 aromatic heterocycles. The van der Waals surface area contributed by atoms with Gasteiger partial charge in [0.15, 0.2) is 0 Å². The number of rotatable bonds is 4. The Hall–Kier alpha value is -0.600. The van der Waals surface area contributed by atoms with Crippen molar-refractivity contribution in [2.75, 3.05) is 13.1 Å². The summed E-state index contributed by atoms with van der Waals surface area (Å²) in [5, 5.41) is 3.46. The Balaban J connectivity index is 3.21. The molecular formula is C5H13N2O+. The van der Waals surface area contributed by atoms with E-state index in [1.54, 1.807) is 5.01 Å². The number of nitrogens with one attached hydrogen (secondary N) is 1. The van der Waals surface area contributed by atoms with Gasteiger partial charge in [-0.15, -0.1) is 5.01 Å². The van der Waals surface area contributed by atoms with Gasteiger partial charge >= 0.3 is 0 Å². The van der Waals surface area contributed by atoms with Gasteiger partial charge in [0.05, 0.1) is 13.1 Å². The summed E-state index contributed by atoms with van der Waals surface area (Å²) in [6.45, 7) is 5.60. The minimum atomic E-state index is 0.775. The summed E-state index contributed by atoms with van der Waals surface area (Å²) in [4.78, 5) is 9.93. The zero-order valence-electron chi connectivity index (χ0n) is 5.48. The van der Waals surface area contributed by atoms with Crippen molar-refractivity contribution < 1.29 is 5.29 Å². The van der Waals surface area contributed by atoms with Crippen LogP contribution < -0.4 is 5.29 Å². The predicted octanol–water partition coefficient (Wildman–Crippen LogP) is -0.520. The Labute approximate surface area is 49.6 Å². The molecule has 0 unspecified atom stereocenters. The van der Waals surface area contributed by atoms with Gasteiger partial charge in [-0.1, -0.05) is 6.92 Å². The highest BCUT2D eigenvalue weighted by atomic mass is 16.3. The average molecular weight is 117 g/mol. The first-order valence-electron chi connectivity index (χ1n) is 2.97. The monoisotopic (exact) mass is 117 g/mol. The molecule has 1 N–H and O–H groups in total. The molecule has 0 spiro atoms. The molecule has 0 saturated heterocycles. The zero-order chi connectivity index (χ0) is 6.41. The third-order valence-electron chi connectivity index (χ3n) is 1.00. The van der Waals surface area contributed by atoms with Crippen molar-refractivity contribution in [2.45, 2.75) is 20.3 Å². The smallest absolute Gasteiger partial charge is 0.102 e. The standard InChI is InChI=1S/C5H12N2O/c1-3-5-7(4-2)6-8/h3-5H2,1-2H3/p+1. The van der Waals surface area contributed by atoms with E-state index in [0.717, 1.165) is 19.5 Å². The zero-order valence-corrected chi connectivity index (χ0v) is 5.48. The number of nitrogens with zero attached hydrogens (tertiary/aromatic N) is 1. The number of hydrazine groups is 1. The van der Waals surface area contributed by atoms with Gasteiger partial charge in [-0.3, -0.25) is 0 Å². The molecule has 3 heteroatoms. The minimum Gasteiger partial charge on any atom is -0.143 e. The molecular weight excluding hydrogens is 104 g/mol. The van der Waals surface area contributed by atoms with E-state index in [-0.39, 0.29) is 0 Å². The highest BCUT2D eigenvalue weighted by Crippen LogP contribution is 1.76. The summed E-state index contributed by atoms with van der Waals surface area (Å²) in [6.07, 6.45) is 1.02. The van der Waals surface area contributed by atoms with Crippen molar-refractivity contribution in [1.29, 1.82) is 0 Å². The highest BCUT2D eigenvalue weighted by molar-refractivity contribution is 4.33. The Morgan fingerprint density at radius 3 is 2.25 bits per heavy atom. The summed E-state index contributed by atoms with van der Waals surface area (Å²) in [6, 6.07) is 0. The van der Waals surface area contributed by atoms with Crippen LogP contribution in [0.15, 0.2) is 0 Å². The fourth-order valence-electron chi connectivity index (χ4n) is 0.538. The van der Waals surface area contributed by atoms with Crippen molar-refractivity contribution in [1.82, 2.24) is 5.01 Å². The lowest BCUT2D eigenvalue weighted by molar-refractivity contribution is -0.663. The molecule has 0 aromatic rings. The van der Waals surface area contributed by atoms with Crippen LogP contribution in [0, 0.1) is 4.91 Å². The van der Waals surface area contributed by atoms with Crippen LogP contribution in [0.1, 0.15) is 20.3 Å². The normalized spacial score (nSPS) is 8.75. The fourth-order valence-corrected chi connectivity index (χ4v) is 0.538. The van der Waals surface area contributed by atoms with E-state index in [9.17, 15) is 4.91 Å². The van der Waals surface area contributed by atoms with Gasteiger partial charge in [0.2, 0.25) is 0 Å². The van der Waals surface area contributed by atoms with E-state index in [1.807, 2.05) is 19.1 Å². The van der Waals surface area contributed by atoms with Crippen LogP contribution in [0.4, 0.5) is 0 Å². The molecule has 0 amide bonds. The van der Waals surface area contributed by atoms with Crippen LogP contribution in [0.3, 0.4) is 0 Å². The Morgan fingerprint density at radius 2 is 2.12 bits per heavy atom. The maximum absolute atomic E-state index is 9.93. The first-order chi connectivity index (χ1) is 3.85. The summed E-state index contributed by atoms with van der Waals surface area (Å²) >= 11 is 0. The van der Waals surface area contributed by atoms with Crippen LogP contribution in [0.25, 0.3) is 0 Å². The van der Waals surface area contributed by atoms with Gasteiger partial charge < -0.3 is 0 Å². The molecule has 0 aromatic carbocycles.